The molecule has 3 aromatic rings. The van der Waals surface area contributed by atoms with E-state index in [1.807, 2.05) is 84.9 Å². The van der Waals surface area contributed by atoms with Gasteiger partial charge < -0.3 is 23.7 Å². The van der Waals surface area contributed by atoms with Gasteiger partial charge in [0.05, 0.1) is 13.2 Å². The monoisotopic (exact) mass is 689 g/mol. The number of benzene rings is 3. The lowest BCUT2D eigenvalue weighted by Crippen LogP contribution is -2.47. The van der Waals surface area contributed by atoms with Crippen LogP contribution in [-0.4, -0.2) is 49.2 Å². The molecule has 1 atom stereocenters. The smallest absolute Gasteiger partial charge is 0.414 e. The standard InChI is InChI=1S/C40H55N3O7/c1-39(2,3)49-37(44)42-36(43-38(45)50-40(4,5)6)41-35(32-21-15-12-16-22-32)30-46-27-17-9-7-8-10-18-28-47-33-23-25-34(26-24-33)48-29-31-19-13-11-14-20-31/h11-16,19-26,35H,7-10,17-18,27-30H2,1-6H3,(H2,41,42,43,44,45)/t35-/m1/s1. The molecule has 0 aliphatic rings. The summed E-state index contributed by atoms with van der Waals surface area (Å²) in [5, 5.41) is 5.12. The van der Waals surface area contributed by atoms with Crippen molar-refractivity contribution in [3.63, 3.8) is 0 Å². The molecule has 50 heavy (non-hydrogen) atoms. The number of unbranched alkanes of at least 4 members (excludes halogenated alkanes) is 5. The van der Waals surface area contributed by atoms with Gasteiger partial charge >= 0.3 is 12.2 Å². The first-order valence-corrected chi connectivity index (χ1v) is 17.5. The number of guanidine groups is 1. The highest BCUT2D eigenvalue weighted by Crippen LogP contribution is 2.20. The molecule has 0 radical (unpaired) electrons. The second-order valence-electron chi connectivity index (χ2n) is 13.9. The van der Waals surface area contributed by atoms with Crippen LogP contribution in [-0.2, 0) is 20.8 Å². The molecule has 10 heteroatoms. The fourth-order valence-electron chi connectivity index (χ4n) is 4.71. The zero-order valence-electron chi connectivity index (χ0n) is 30.5. The molecule has 0 bridgehead atoms. The van der Waals surface area contributed by atoms with Gasteiger partial charge in [-0.15, -0.1) is 0 Å². The number of carbonyl (C=O) groups excluding carboxylic acids is 2. The first-order valence-electron chi connectivity index (χ1n) is 17.5. The van der Waals surface area contributed by atoms with Gasteiger partial charge in [0.15, 0.2) is 0 Å². The minimum absolute atomic E-state index is 0.0835. The van der Waals surface area contributed by atoms with Crippen LogP contribution in [0.2, 0.25) is 0 Å². The summed E-state index contributed by atoms with van der Waals surface area (Å²) >= 11 is 0. The number of nitrogens with one attached hydrogen (secondary N) is 2. The van der Waals surface area contributed by atoms with Crippen molar-refractivity contribution in [3.8, 4) is 11.5 Å². The Balaban J connectivity index is 1.38. The molecule has 3 aromatic carbocycles. The third kappa shape index (κ3) is 17.7. The SMILES string of the molecule is CC(C)(C)OC(=O)NC(=N[C@H](COCCCCCCCCOc1ccc(OCc2ccccc2)cc1)c1ccccc1)NC(=O)OC(C)(C)C. The minimum Gasteiger partial charge on any atom is -0.494 e. The molecule has 3 rings (SSSR count). The largest absolute Gasteiger partial charge is 0.494 e. The second-order valence-corrected chi connectivity index (χ2v) is 13.9. The van der Waals surface area contributed by atoms with Crippen molar-refractivity contribution in [3.05, 3.63) is 96.1 Å². The maximum absolute atomic E-state index is 12.6. The molecule has 0 aliphatic carbocycles. The van der Waals surface area contributed by atoms with Crippen molar-refractivity contribution in [1.29, 1.82) is 0 Å². The lowest BCUT2D eigenvalue weighted by molar-refractivity contribution is 0.0543. The van der Waals surface area contributed by atoms with Crippen molar-refractivity contribution in [2.24, 2.45) is 4.99 Å². The molecule has 0 heterocycles. The molecule has 2 N–H and O–H groups in total. The first-order chi connectivity index (χ1) is 23.9. The number of ether oxygens (including phenoxy) is 5. The van der Waals surface area contributed by atoms with Crippen molar-refractivity contribution < 1.29 is 33.3 Å². The van der Waals surface area contributed by atoms with E-state index in [1.165, 1.54) is 0 Å². The number of amides is 2. The number of hydrogen-bond acceptors (Lipinski definition) is 8. The quantitative estimate of drug-likeness (QED) is 0.0825. The van der Waals surface area contributed by atoms with Crippen LogP contribution < -0.4 is 20.1 Å². The third-order valence-electron chi connectivity index (χ3n) is 7.01. The Kier molecular flexibility index (Phi) is 16.6. The fraction of sp³-hybridized carbons (Fsp3) is 0.475. The average molecular weight is 690 g/mol. The van der Waals surface area contributed by atoms with E-state index in [0.29, 0.717) is 19.8 Å². The van der Waals surface area contributed by atoms with Crippen LogP contribution in [0.15, 0.2) is 89.9 Å². The molecular weight excluding hydrogens is 634 g/mol. The van der Waals surface area contributed by atoms with E-state index in [0.717, 1.165) is 61.2 Å². The molecule has 0 unspecified atom stereocenters. The summed E-state index contributed by atoms with van der Waals surface area (Å²) in [7, 11) is 0. The Morgan fingerprint density at radius 3 is 1.64 bits per heavy atom. The van der Waals surface area contributed by atoms with Crippen LogP contribution in [0.25, 0.3) is 0 Å². The maximum Gasteiger partial charge on any atom is 0.414 e. The molecule has 0 fully saturated rings. The van der Waals surface area contributed by atoms with E-state index >= 15 is 0 Å². The second kappa shape index (κ2) is 20.8. The van der Waals surface area contributed by atoms with E-state index in [-0.39, 0.29) is 12.6 Å². The van der Waals surface area contributed by atoms with Gasteiger partial charge in [0.25, 0.3) is 0 Å². The average Bonchev–Trinajstić information content (AvgIpc) is 3.05. The lowest BCUT2D eigenvalue weighted by atomic mass is 10.1. The number of rotatable bonds is 17. The molecule has 0 aromatic heterocycles. The van der Waals surface area contributed by atoms with E-state index in [1.54, 1.807) is 41.5 Å². The number of alkyl carbamates (subject to hydrolysis) is 2. The van der Waals surface area contributed by atoms with Gasteiger partial charge in [-0.05, 0) is 89.8 Å². The van der Waals surface area contributed by atoms with Gasteiger partial charge in [-0.1, -0.05) is 86.3 Å². The molecule has 2 amide bonds. The van der Waals surface area contributed by atoms with Crippen LogP contribution in [0.4, 0.5) is 9.59 Å². The van der Waals surface area contributed by atoms with E-state index in [2.05, 4.69) is 15.6 Å². The number of hydrogen-bond donors (Lipinski definition) is 2. The maximum atomic E-state index is 12.6. The number of carbonyl (C=O) groups is 2. The highest BCUT2D eigenvalue weighted by molar-refractivity contribution is 6.01. The summed E-state index contributed by atoms with van der Waals surface area (Å²) in [6.07, 6.45) is 4.81. The van der Waals surface area contributed by atoms with Gasteiger partial charge in [0.2, 0.25) is 5.96 Å². The Hall–Kier alpha value is -4.57. The van der Waals surface area contributed by atoms with Crippen molar-refractivity contribution in [2.45, 2.75) is 104 Å². The number of nitrogens with zero attached hydrogens (tertiary/aromatic N) is 1. The topological polar surface area (TPSA) is 117 Å². The summed E-state index contributed by atoms with van der Waals surface area (Å²) in [6.45, 7) is 12.6. The van der Waals surface area contributed by atoms with Crippen LogP contribution in [0.1, 0.15) is 97.2 Å². The minimum atomic E-state index is -0.745. The zero-order chi connectivity index (χ0) is 36.2. The third-order valence-corrected chi connectivity index (χ3v) is 7.01. The Labute approximate surface area is 297 Å². The van der Waals surface area contributed by atoms with E-state index < -0.39 is 29.4 Å². The highest BCUT2D eigenvalue weighted by atomic mass is 16.6. The van der Waals surface area contributed by atoms with Gasteiger partial charge in [0, 0.05) is 6.61 Å². The van der Waals surface area contributed by atoms with Gasteiger partial charge in [-0.25, -0.2) is 14.6 Å². The van der Waals surface area contributed by atoms with Crippen molar-refractivity contribution >= 4 is 18.1 Å². The van der Waals surface area contributed by atoms with Crippen molar-refractivity contribution in [2.75, 3.05) is 19.8 Å². The molecule has 0 saturated carbocycles. The zero-order valence-corrected chi connectivity index (χ0v) is 30.5. The van der Waals surface area contributed by atoms with E-state index in [9.17, 15) is 9.59 Å². The first kappa shape index (κ1) is 39.9. The van der Waals surface area contributed by atoms with Crippen molar-refractivity contribution in [1.82, 2.24) is 10.6 Å². The summed E-state index contributed by atoms with van der Waals surface area (Å²) in [5.41, 5.74) is 0.543. The Bertz CT molecular complexity index is 1400. The summed E-state index contributed by atoms with van der Waals surface area (Å²) < 4.78 is 28.6. The predicted molar refractivity (Wildman–Crippen MR) is 197 cm³/mol. The number of aliphatic imine (C=N–C) groups is 1. The molecule has 0 spiro atoms. The molecule has 272 valence electrons. The molecule has 0 saturated heterocycles. The Morgan fingerprint density at radius 1 is 0.620 bits per heavy atom. The Morgan fingerprint density at radius 2 is 1.10 bits per heavy atom. The summed E-state index contributed by atoms with van der Waals surface area (Å²) in [4.78, 5) is 29.8. The molecular formula is C40H55N3O7. The molecule has 0 aliphatic heterocycles. The van der Waals surface area contributed by atoms with Gasteiger partial charge in [-0.2, -0.15) is 0 Å². The van der Waals surface area contributed by atoms with Gasteiger partial charge in [0.1, 0.15) is 35.3 Å². The summed E-state index contributed by atoms with van der Waals surface area (Å²) in [6, 6.07) is 27.0. The summed E-state index contributed by atoms with van der Waals surface area (Å²) in [5.74, 6) is 1.59. The van der Waals surface area contributed by atoms with E-state index in [4.69, 9.17) is 23.7 Å². The highest BCUT2D eigenvalue weighted by Gasteiger charge is 2.23. The van der Waals surface area contributed by atoms with Crippen LogP contribution in [0, 0.1) is 0 Å². The molecule has 10 nitrogen and oxygen atoms in total. The lowest BCUT2D eigenvalue weighted by Gasteiger charge is -2.23. The van der Waals surface area contributed by atoms with Crippen LogP contribution in [0.5, 0.6) is 11.5 Å². The van der Waals surface area contributed by atoms with Crippen LogP contribution in [0.3, 0.4) is 0 Å². The predicted octanol–water partition coefficient (Wildman–Crippen LogP) is 9.15. The van der Waals surface area contributed by atoms with Gasteiger partial charge in [-0.3, -0.25) is 10.6 Å². The fourth-order valence-corrected chi connectivity index (χ4v) is 4.71. The normalized spacial score (nSPS) is 12.0. The van der Waals surface area contributed by atoms with Crippen LogP contribution >= 0.6 is 0 Å².